The summed E-state index contributed by atoms with van der Waals surface area (Å²) in [6.07, 6.45) is 1.63. The maximum atomic E-state index is 14.3. The molecule has 6 heteroatoms. The van der Waals surface area contributed by atoms with Crippen LogP contribution in [0.3, 0.4) is 0 Å². The molecular formula is C26H35F2N3O. The summed E-state index contributed by atoms with van der Waals surface area (Å²) in [4.78, 5) is 19.6. The summed E-state index contributed by atoms with van der Waals surface area (Å²) in [5, 5.41) is 0. The molecule has 1 aliphatic heterocycles. The predicted octanol–water partition coefficient (Wildman–Crippen LogP) is 4.89. The van der Waals surface area contributed by atoms with Crippen LogP contribution in [0, 0.1) is 11.6 Å². The maximum absolute atomic E-state index is 14.3. The Bertz CT molecular complexity index is 883. The Morgan fingerprint density at radius 3 is 2.22 bits per heavy atom. The van der Waals surface area contributed by atoms with Gasteiger partial charge < -0.3 is 9.80 Å². The van der Waals surface area contributed by atoms with Crippen molar-refractivity contribution in [2.24, 2.45) is 0 Å². The summed E-state index contributed by atoms with van der Waals surface area (Å²) in [6, 6.07) is 11.2. The third-order valence-corrected chi connectivity index (χ3v) is 6.54. The van der Waals surface area contributed by atoms with Gasteiger partial charge in [-0.25, -0.2) is 8.78 Å². The maximum Gasteiger partial charge on any atom is 0.241 e. The highest BCUT2D eigenvalue weighted by atomic mass is 19.1. The normalized spacial score (nSPS) is 16.3. The van der Waals surface area contributed by atoms with Gasteiger partial charge in [0.05, 0.1) is 12.2 Å². The Morgan fingerprint density at radius 2 is 1.56 bits per heavy atom. The number of halogens is 2. The van der Waals surface area contributed by atoms with Crippen LogP contribution >= 0.6 is 0 Å². The van der Waals surface area contributed by atoms with E-state index in [2.05, 4.69) is 30.6 Å². The third kappa shape index (κ3) is 5.93. The molecule has 3 rings (SSSR count). The average Bonchev–Trinajstić information content (AvgIpc) is 2.98. The van der Waals surface area contributed by atoms with Crippen LogP contribution in [0.5, 0.6) is 0 Å². The first-order valence-electron chi connectivity index (χ1n) is 11.8. The van der Waals surface area contributed by atoms with Gasteiger partial charge in [-0.3, -0.25) is 9.69 Å². The fourth-order valence-electron chi connectivity index (χ4n) is 4.52. The Hall–Kier alpha value is -2.31. The molecule has 1 atom stereocenters. The molecule has 0 saturated carbocycles. The van der Waals surface area contributed by atoms with Gasteiger partial charge in [0.2, 0.25) is 5.91 Å². The first kappa shape index (κ1) is 24.3. The van der Waals surface area contributed by atoms with Gasteiger partial charge in [-0.1, -0.05) is 39.0 Å². The number of amides is 1. The van der Waals surface area contributed by atoms with Crippen molar-refractivity contribution in [3.8, 4) is 0 Å². The molecule has 0 saturated heterocycles. The molecule has 0 N–H and O–H groups in total. The fourth-order valence-corrected chi connectivity index (χ4v) is 4.52. The van der Waals surface area contributed by atoms with Gasteiger partial charge >= 0.3 is 0 Å². The molecular weight excluding hydrogens is 408 g/mol. The van der Waals surface area contributed by atoms with Gasteiger partial charge in [0.25, 0.3) is 0 Å². The van der Waals surface area contributed by atoms with Crippen molar-refractivity contribution in [2.45, 2.75) is 39.5 Å². The van der Waals surface area contributed by atoms with Gasteiger partial charge in [0.1, 0.15) is 11.6 Å². The molecule has 0 bridgehead atoms. The summed E-state index contributed by atoms with van der Waals surface area (Å²) >= 11 is 0. The molecule has 32 heavy (non-hydrogen) atoms. The number of nitrogens with zero attached hydrogens (tertiary/aromatic N) is 3. The van der Waals surface area contributed by atoms with E-state index in [9.17, 15) is 13.6 Å². The number of fused-ring (bicyclic) bond motifs is 1. The number of rotatable bonds is 9. The number of carbonyl (C=O) groups excluding carboxylic acids is 1. The molecule has 0 aromatic heterocycles. The molecule has 1 unspecified atom stereocenters. The summed E-state index contributed by atoms with van der Waals surface area (Å²) < 4.78 is 27.7. The number of carbonyl (C=O) groups is 1. The average molecular weight is 444 g/mol. The van der Waals surface area contributed by atoms with Crippen LogP contribution in [0.2, 0.25) is 0 Å². The van der Waals surface area contributed by atoms with Crippen LogP contribution in [0.25, 0.3) is 0 Å². The molecule has 1 amide bonds. The number of benzene rings is 2. The minimum absolute atomic E-state index is 0.00185. The van der Waals surface area contributed by atoms with Crippen LogP contribution in [-0.2, 0) is 4.79 Å². The van der Waals surface area contributed by atoms with Crippen LogP contribution in [-0.4, -0.2) is 61.5 Å². The molecule has 2 aromatic carbocycles. The molecule has 4 nitrogen and oxygen atoms in total. The zero-order valence-electron chi connectivity index (χ0n) is 19.5. The lowest BCUT2D eigenvalue weighted by molar-refractivity contribution is -0.119. The zero-order valence-corrected chi connectivity index (χ0v) is 19.5. The summed E-state index contributed by atoms with van der Waals surface area (Å²) in [6.45, 7) is 11.7. The number of anilines is 1. The lowest BCUT2D eigenvalue weighted by Crippen LogP contribution is -2.43. The highest BCUT2D eigenvalue weighted by Gasteiger charge is 2.28. The fraction of sp³-hybridized carbons (Fsp3) is 0.500. The van der Waals surface area contributed by atoms with Gasteiger partial charge in [0.15, 0.2) is 0 Å². The van der Waals surface area contributed by atoms with Crippen molar-refractivity contribution >= 4 is 11.6 Å². The molecule has 0 fully saturated rings. The van der Waals surface area contributed by atoms with E-state index in [0.717, 1.165) is 56.7 Å². The number of likely N-dealkylation sites (N-methyl/N-ethyl adjacent to an activating group) is 2. The quantitative estimate of drug-likeness (QED) is 0.552. The van der Waals surface area contributed by atoms with Gasteiger partial charge in [-0.15, -0.1) is 0 Å². The van der Waals surface area contributed by atoms with E-state index in [1.807, 2.05) is 0 Å². The molecule has 0 radical (unpaired) electrons. The van der Waals surface area contributed by atoms with Crippen molar-refractivity contribution in [2.75, 3.05) is 50.7 Å². The van der Waals surface area contributed by atoms with E-state index in [1.54, 1.807) is 23.1 Å². The van der Waals surface area contributed by atoms with Crippen LogP contribution in [0.1, 0.15) is 50.7 Å². The summed E-state index contributed by atoms with van der Waals surface area (Å²) in [5.41, 5.74) is 2.56. The number of hydrogen-bond acceptors (Lipinski definition) is 3. The standard InChI is InChI=1S/C26H35F2N3O/c1-4-29(5-2)16-17-30(6-3)19-26(32)31-15-7-8-23(20-9-11-21(27)12-10-20)24-14-13-22(28)18-25(24)31/h9-14,18,23H,4-8,15-17,19H2,1-3H3. The smallest absolute Gasteiger partial charge is 0.241 e. The lowest BCUT2D eigenvalue weighted by Gasteiger charge is -2.29. The van der Waals surface area contributed by atoms with Crippen molar-refractivity contribution in [3.05, 3.63) is 65.2 Å². The Balaban J connectivity index is 1.82. The molecule has 2 aromatic rings. The molecule has 1 heterocycles. The van der Waals surface area contributed by atoms with E-state index in [4.69, 9.17) is 0 Å². The van der Waals surface area contributed by atoms with Gasteiger partial charge in [0, 0.05) is 25.6 Å². The molecule has 0 aliphatic carbocycles. The Morgan fingerprint density at radius 1 is 0.938 bits per heavy atom. The summed E-state index contributed by atoms with van der Waals surface area (Å²) in [7, 11) is 0. The second kappa shape index (κ2) is 11.5. The van der Waals surface area contributed by atoms with Crippen LogP contribution in [0.15, 0.2) is 42.5 Å². The minimum Gasteiger partial charge on any atom is -0.311 e. The third-order valence-electron chi connectivity index (χ3n) is 6.54. The first-order valence-corrected chi connectivity index (χ1v) is 11.8. The monoisotopic (exact) mass is 443 g/mol. The van der Waals surface area contributed by atoms with E-state index < -0.39 is 0 Å². The Labute approximate surface area is 190 Å². The van der Waals surface area contributed by atoms with Crippen molar-refractivity contribution in [3.63, 3.8) is 0 Å². The molecule has 1 aliphatic rings. The molecule has 0 spiro atoms. The summed E-state index contributed by atoms with van der Waals surface area (Å²) in [5.74, 6) is -0.620. The van der Waals surface area contributed by atoms with Gasteiger partial charge in [-0.2, -0.15) is 0 Å². The highest BCUT2D eigenvalue weighted by molar-refractivity contribution is 5.96. The minimum atomic E-state index is -0.352. The van der Waals surface area contributed by atoms with Crippen LogP contribution < -0.4 is 4.90 Å². The zero-order chi connectivity index (χ0) is 23.1. The first-order chi connectivity index (χ1) is 15.5. The predicted molar refractivity (Wildman–Crippen MR) is 126 cm³/mol. The number of hydrogen-bond donors (Lipinski definition) is 0. The van der Waals surface area contributed by atoms with E-state index in [0.29, 0.717) is 18.8 Å². The van der Waals surface area contributed by atoms with Crippen LogP contribution in [0.4, 0.5) is 14.5 Å². The second-order valence-corrected chi connectivity index (χ2v) is 8.39. The van der Waals surface area contributed by atoms with Crippen molar-refractivity contribution in [1.82, 2.24) is 9.80 Å². The lowest BCUT2D eigenvalue weighted by atomic mass is 9.87. The second-order valence-electron chi connectivity index (χ2n) is 8.39. The van der Waals surface area contributed by atoms with Crippen molar-refractivity contribution in [1.29, 1.82) is 0 Å². The van der Waals surface area contributed by atoms with Gasteiger partial charge in [-0.05, 0) is 67.9 Å². The Kier molecular flexibility index (Phi) is 8.76. The SMILES string of the molecule is CCN(CC)CCN(CC)CC(=O)N1CCCC(c2ccc(F)cc2)c2ccc(F)cc21. The van der Waals surface area contributed by atoms with E-state index >= 15 is 0 Å². The van der Waals surface area contributed by atoms with E-state index in [-0.39, 0.29) is 23.5 Å². The topological polar surface area (TPSA) is 26.8 Å². The largest absolute Gasteiger partial charge is 0.311 e. The molecule has 174 valence electrons. The highest BCUT2D eigenvalue weighted by Crippen LogP contribution is 2.39. The van der Waals surface area contributed by atoms with Crippen molar-refractivity contribution < 1.29 is 13.6 Å². The van der Waals surface area contributed by atoms with E-state index in [1.165, 1.54) is 24.3 Å².